The number of hydrogen-bond acceptors (Lipinski definition) is 3. The number of carbonyl (C=O) groups is 1. The van der Waals surface area contributed by atoms with Crippen molar-refractivity contribution in [1.29, 1.82) is 0 Å². The summed E-state index contributed by atoms with van der Waals surface area (Å²) in [5.41, 5.74) is 0.422. The third-order valence-corrected chi connectivity index (χ3v) is 4.73. The van der Waals surface area contributed by atoms with Gasteiger partial charge in [-0.25, -0.2) is 4.39 Å². The molecule has 0 fully saturated rings. The van der Waals surface area contributed by atoms with Gasteiger partial charge in [-0.15, -0.1) is 0 Å². The quantitative estimate of drug-likeness (QED) is 0.561. The van der Waals surface area contributed by atoms with Crippen molar-refractivity contribution in [2.75, 3.05) is 11.5 Å². The van der Waals surface area contributed by atoms with Gasteiger partial charge in [-0.1, -0.05) is 37.3 Å². The number of anilines is 1. The summed E-state index contributed by atoms with van der Waals surface area (Å²) in [6, 6.07) is 13.4. The van der Waals surface area contributed by atoms with E-state index in [0.717, 1.165) is 6.07 Å². The van der Waals surface area contributed by atoms with Gasteiger partial charge in [0.15, 0.2) is 0 Å². The van der Waals surface area contributed by atoms with Crippen molar-refractivity contribution in [3.05, 3.63) is 65.5 Å². The van der Waals surface area contributed by atoms with Gasteiger partial charge in [0, 0.05) is 16.3 Å². The molecule has 3 aromatic carbocycles. The first kappa shape index (κ1) is 19.1. The summed E-state index contributed by atoms with van der Waals surface area (Å²) in [4.78, 5) is 14.4. The normalized spacial score (nSPS) is 13.3. The van der Waals surface area contributed by atoms with Crippen molar-refractivity contribution in [2.45, 2.75) is 26.5 Å². The smallest absolute Gasteiger partial charge is 0.387 e. The zero-order valence-corrected chi connectivity index (χ0v) is 15.5. The highest BCUT2D eigenvalue weighted by molar-refractivity contribution is 6.16. The molecular weight excluding hydrogens is 383 g/mol. The molecule has 0 spiro atoms. The van der Waals surface area contributed by atoms with E-state index in [2.05, 4.69) is 6.07 Å². The van der Waals surface area contributed by atoms with Gasteiger partial charge in [-0.2, -0.15) is 8.78 Å². The Kier molecular flexibility index (Phi) is 5.05. The van der Waals surface area contributed by atoms with Crippen molar-refractivity contribution in [3.8, 4) is 11.5 Å². The molecule has 1 aliphatic heterocycles. The third-order valence-electron chi connectivity index (χ3n) is 4.73. The molecule has 1 amide bonds. The molecular formula is C22H17F3NO3. The Hall–Kier alpha value is -3.22. The number of benzene rings is 3. The lowest BCUT2D eigenvalue weighted by molar-refractivity contribution is -0.0493. The Balaban J connectivity index is 1.97. The van der Waals surface area contributed by atoms with Gasteiger partial charge in [-0.05, 0) is 24.6 Å². The molecule has 3 aromatic rings. The molecule has 0 aromatic heterocycles. The van der Waals surface area contributed by atoms with Crippen molar-refractivity contribution >= 4 is 22.4 Å². The summed E-state index contributed by atoms with van der Waals surface area (Å²) in [6.07, 6.45) is 0.694. The van der Waals surface area contributed by atoms with E-state index < -0.39 is 18.3 Å². The molecule has 29 heavy (non-hydrogen) atoms. The van der Waals surface area contributed by atoms with Crippen LogP contribution in [-0.2, 0) is 6.54 Å². The number of halogens is 3. The monoisotopic (exact) mass is 400 g/mol. The van der Waals surface area contributed by atoms with Crippen LogP contribution >= 0.6 is 0 Å². The Morgan fingerprint density at radius 2 is 1.90 bits per heavy atom. The van der Waals surface area contributed by atoms with E-state index in [1.54, 1.807) is 24.3 Å². The molecule has 4 nitrogen and oxygen atoms in total. The zero-order valence-electron chi connectivity index (χ0n) is 15.5. The molecule has 0 saturated carbocycles. The minimum absolute atomic E-state index is 0.0402. The van der Waals surface area contributed by atoms with Crippen LogP contribution in [0.25, 0.3) is 10.8 Å². The third kappa shape index (κ3) is 3.26. The topological polar surface area (TPSA) is 38.8 Å². The first-order valence-electron chi connectivity index (χ1n) is 9.15. The number of ether oxygens (including phenoxy) is 2. The maximum Gasteiger partial charge on any atom is 0.387 e. The van der Waals surface area contributed by atoms with Gasteiger partial charge in [0.1, 0.15) is 17.3 Å². The summed E-state index contributed by atoms with van der Waals surface area (Å²) in [7, 11) is 0. The highest BCUT2D eigenvalue weighted by Crippen LogP contribution is 2.46. The maximum atomic E-state index is 14.3. The van der Waals surface area contributed by atoms with E-state index in [4.69, 9.17) is 9.47 Å². The number of amides is 1. The summed E-state index contributed by atoms with van der Waals surface area (Å²) in [5, 5.41) is 0.904. The van der Waals surface area contributed by atoms with Crippen molar-refractivity contribution in [3.63, 3.8) is 0 Å². The van der Waals surface area contributed by atoms with Crippen LogP contribution in [0, 0.1) is 11.9 Å². The Labute approximate surface area is 165 Å². The number of fused-ring (bicyclic) bond motifs is 2. The van der Waals surface area contributed by atoms with Gasteiger partial charge in [-0.3, -0.25) is 4.79 Å². The van der Waals surface area contributed by atoms with Gasteiger partial charge in [0.2, 0.25) is 0 Å². The second-order valence-electron chi connectivity index (χ2n) is 6.55. The van der Waals surface area contributed by atoms with Crippen LogP contribution < -0.4 is 14.4 Å². The van der Waals surface area contributed by atoms with Crippen LogP contribution in [0.4, 0.5) is 18.9 Å². The lowest BCUT2D eigenvalue weighted by Crippen LogP contribution is -2.24. The number of carbonyl (C=O) groups excluding carboxylic acids is 1. The highest BCUT2D eigenvalue weighted by atomic mass is 19.3. The fourth-order valence-electron chi connectivity index (χ4n) is 3.56. The number of rotatable bonds is 6. The summed E-state index contributed by atoms with van der Waals surface area (Å²) in [5.74, 6) is -0.950. The average molecular weight is 400 g/mol. The van der Waals surface area contributed by atoms with Gasteiger partial charge in [0.05, 0.1) is 24.4 Å². The Bertz CT molecular complexity index is 1080. The van der Waals surface area contributed by atoms with Gasteiger partial charge in [0.25, 0.3) is 5.91 Å². The van der Waals surface area contributed by atoms with E-state index in [1.165, 1.54) is 17.0 Å². The fraction of sp³-hybridized carbons (Fsp3) is 0.227. The molecule has 0 aliphatic carbocycles. The van der Waals surface area contributed by atoms with E-state index in [0.29, 0.717) is 29.5 Å². The second-order valence-corrected chi connectivity index (χ2v) is 6.55. The van der Waals surface area contributed by atoms with Crippen LogP contribution in [0.15, 0.2) is 42.5 Å². The molecule has 0 N–H and O–H groups in total. The summed E-state index contributed by atoms with van der Waals surface area (Å²) >= 11 is 0. The number of hydrogen-bond donors (Lipinski definition) is 0. The van der Waals surface area contributed by atoms with Crippen molar-refractivity contribution in [2.24, 2.45) is 0 Å². The second kappa shape index (κ2) is 7.66. The minimum atomic E-state index is -3.07. The Morgan fingerprint density at radius 3 is 2.55 bits per heavy atom. The lowest BCUT2D eigenvalue weighted by atomic mass is 9.99. The van der Waals surface area contributed by atoms with Gasteiger partial charge >= 0.3 is 6.61 Å². The van der Waals surface area contributed by atoms with Gasteiger partial charge < -0.3 is 14.4 Å². The van der Waals surface area contributed by atoms with E-state index in [9.17, 15) is 18.0 Å². The number of alkyl halides is 2. The summed E-state index contributed by atoms with van der Waals surface area (Å²) < 4.78 is 51.4. The average Bonchev–Trinajstić information content (AvgIpc) is 3.05. The highest BCUT2D eigenvalue weighted by Gasteiger charge is 2.38. The largest absolute Gasteiger partial charge is 0.492 e. The Morgan fingerprint density at radius 1 is 1.17 bits per heavy atom. The molecule has 1 aliphatic rings. The lowest BCUT2D eigenvalue weighted by Gasteiger charge is -2.17. The van der Waals surface area contributed by atoms with Crippen LogP contribution in [0.5, 0.6) is 11.5 Å². The summed E-state index contributed by atoms with van der Waals surface area (Å²) in [6.45, 7) is -0.921. The molecule has 0 unspecified atom stereocenters. The predicted octanol–water partition coefficient (Wildman–Crippen LogP) is 5.33. The van der Waals surface area contributed by atoms with Crippen LogP contribution in [0.1, 0.15) is 29.3 Å². The SMILES string of the molecule is CCCOc1c2c(c(OC(F)F)c3ccccc13)CN(c1cc[c]cc1F)C2=O. The molecule has 0 saturated heterocycles. The van der Waals surface area contributed by atoms with E-state index in [1.807, 2.05) is 6.92 Å². The van der Waals surface area contributed by atoms with Crippen LogP contribution in [0.3, 0.4) is 0 Å². The molecule has 0 atom stereocenters. The number of nitrogens with zero attached hydrogens (tertiary/aromatic N) is 1. The predicted molar refractivity (Wildman–Crippen MR) is 102 cm³/mol. The zero-order chi connectivity index (χ0) is 20.5. The van der Waals surface area contributed by atoms with Crippen LogP contribution in [-0.4, -0.2) is 19.1 Å². The first-order valence-corrected chi connectivity index (χ1v) is 9.15. The van der Waals surface area contributed by atoms with Crippen molar-refractivity contribution in [1.82, 2.24) is 0 Å². The van der Waals surface area contributed by atoms with E-state index in [-0.39, 0.29) is 29.1 Å². The van der Waals surface area contributed by atoms with Crippen molar-refractivity contribution < 1.29 is 27.4 Å². The molecule has 4 rings (SSSR count). The molecule has 149 valence electrons. The van der Waals surface area contributed by atoms with E-state index >= 15 is 0 Å². The minimum Gasteiger partial charge on any atom is -0.492 e. The van der Waals surface area contributed by atoms with Crippen LogP contribution in [0.2, 0.25) is 0 Å². The molecule has 7 heteroatoms. The molecule has 1 radical (unpaired) electrons. The molecule has 0 bridgehead atoms. The molecule has 1 heterocycles. The fourth-order valence-corrected chi connectivity index (χ4v) is 3.56. The standard InChI is InChI=1S/C22H17F3NO3/c1-2-11-28-20-14-8-4-3-7-13(14)19(29-22(24)25)15-12-26(21(27)18(15)20)17-10-6-5-9-16(17)23/h3-4,6-10,22H,2,11-12H2,1H3. The maximum absolute atomic E-state index is 14.3. The first-order chi connectivity index (χ1) is 14.0.